The molecule has 0 aliphatic carbocycles. The molecule has 6 heteroatoms. The van der Waals surface area contributed by atoms with Gasteiger partial charge in [0.2, 0.25) is 10.7 Å². The van der Waals surface area contributed by atoms with Crippen LogP contribution in [0.15, 0.2) is 71.9 Å². The molecule has 0 fully saturated rings. The Morgan fingerprint density at radius 2 is 1.97 bits per heavy atom. The largest absolute Gasteiger partial charge is 0.588 e. The van der Waals surface area contributed by atoms with Gasteiger partial charge in [-0.2, -0.15) is 0 Å². The Bertz CT molecular complexity index is 1170. The van der Waals surface area contributed by atoms with Crippen LogP contribution in [-0.4, -0.2) is 15.3 Å². The molecular weight excluding hydrogens is 404 g/mol. The number of hydrogen-bond acceptors (Lipinski definition) is 4. The Labute approximate surface area is 177 Å². The van der Waals surface area contributed by atoms with E-state index in [0.717, 1.165) is 11.1 Å². The van der Waals surface area contributed by atoms with E-state index in [1.54, 1.807) is 54.9 Å². The quantitative estimate of drug-likeness (QED) is 0.374. The second-order valence-electron chi connectivity index (χ2n) is 6.36. The monoisotopic (exact) mass is 418 g/mol. The van der Waals surface area contributed by atoms with Gasteiger partial charge < -0.3 is 4.55 Å². The van der Waals surface area contributed by atoms with Crippen LogP contribution in [0.2, 0.25) is 5.02 Å². The highest BCUT2D eigenvalue weighted by Gasteiger charge is 2.33. The molecule has 3 aromatic rings. The van der Waals surface area contributed by atoms with Gasteiger partial charge in [-0.1, -0.05) is 35.6 Å². The number of anilines is 1. The minimum Gasteiger partial charge on any atom is -0.588 e. The van der Waals surface area contributed by atoms with Crippen molar-refractivity contribution in [2.75, 3.05) is 4.72 Å². The number of carbonyl (C=O) groups excluding carboxylic acids is 1. The lowest BCUT2D eigenvalue weighted by Gasteiger charge is -2.21. The molecule has 4 nitrogen and oxygen atoms in total. The lowest BCUT2D eigenvalue weighted by Crippen LogP contribution is -2.27. The molecule has 4 rings (SSSR count). The number of ketones is 1. The smallest absolute Gasteiger partial charge is 0.245 e. The molecule has 0 saturated heterocycles. The molecule has 142 valence electrons. The zero-order chi connectivity index (χ0) is 20.2. The van der Waals surface area contributed by atoms with Gasteiger partial charge in [0, 0.05) is 35.5 Å². The van der Waals surface area contributed by atoms with Crippen molar-refractivity contribution in [3.05, 3.63) is 99.2 Å². The summed E-state index contributed by atoms with van der Waals surface area (Å²) in [4.78, 5) is 17.1. The van der Waals surface area contributed by atoms with Gasteiger partial charge >= 0.3 is 0 Å². The Morgan fingerprint density at radius 1 is 1.14 bits per heavy atom. The Hall–Kier alpha value is -3.04. The summed E-state index contributed by atoms with van der Waals surface area (Å²) >= 11 is 4.37. The van der Waals surface area contributed by atoms with E-state index in [2.05, 4.69) is 21.5 Å². The Kier molecular flexibility index (Phi) is 5.68. The molecule has 0 radical (unpaired) electrons. The summed E-state index contributed by atoms with van der Waals surface area (Å²) in [6, 6.07) is 16.1. The van der Waals surface area contributed by atoms with Crippen LogP contribution >= 0.6 is 11.6 Å². The lowest BCUT2D eigenvalue weighted by atomic mass is 10.0. The van der Waals surface area contributed by atoms with Crippen molar-refractivity contribution in [2.45, 2.75) is 6.42 Å². The van der Waals surface area contributed by atoms with Crippen LogP contribution in [0.25, 0.3) is 6.08 Å². The number of nitrogens with one attached hydrogen (secondary N) is 1. The summed E-state index contributed by atoms with van der Waals surface area (Å²) in [5.41, 5.74) is 3.51. The molecule has 0 amide bonds. The number of aromatic nitrogens is 1. The standard InChI is InChI=1S/C23H15ClN2O2S/c24-19-6-2-5-18(13-19)15-22-23(27)20-14-17(7-8-21(20)26-29(22)28)4-1-3-16-9-11-25-12-10-16/h2,5-15,26H,3H2/b22-15+. The highest BCUT2D eigenvalue weighted by Crippen LogP contribution is 2.31. The van der Waals surface area contributed by atoms with E-state index in [0.29, 0.717) is 28.3 Å². The second-order valence-corrected chi connectivity index (χ2v) is 7.98. The number of halogens is 1. The molecule has 0 saturated carbocycles. The minimum absolute atomic E-state index is 0.182. The first kappa shape index (κ1) is 19.3. The first-order valence-electron chi connectivity index (χ1n) is 8.82. The number of rotatable bonds is 2. The van der Waals surface area contributed by atoms with Crippen LogP contribution in [0.5, 0.6) is 0 Å². The molecule has 2 aromatic carbocycles. The molecular formula is C23H15ClN2O2S. The summed E-state index contributed by atoms with van der Waals surface area (Å²) < 4.78 is 15.4. The van der Waals surface area contributed by atoms with E-state index in [4.69, 9.17) is 11.6 Å². The molecule has 0 spiro atoms. The van der Waals surface area contributed by atoms with Crippen molar-refractivity contribution in [3.63, 3.8) is 0 Å². The van der Waals surface area contributed by atoms with Gasteiger partial charge in [0.05, 0.1) is 11.3 Å². The number of benzene rings is 2. The number of hydrogen-bond donors (Lipinski definition) is 1. The number of pyridine rings is 1. The molecule has 1 aliphatic heterocycles. The number of Topliss-reactive ketones (excluding diaryl/α,β-unsaturated/α-hetero) is 1. The third-order valence-electron chi connectivity index (χ3n) is 4.31. The molecule has 1 N–H and O–H groups in total. The van der Waals surface area contributed by atoms with E-state index in [-0.39, 0.29) is 10.7 Å². The second kappa shape index (κ2) is 8.54. The summed E-state index contributed by atoms with van der Waals surface area (Å²) in [7, 11) is 0. The molecule has 29 heavy (non-hydrogen) atoms. The average molecular weight is 419 g/mol. The molecule has 1 aliphatic rings. The molecule has 1 aromatic heterocycles. The van der Waals surface area contributed by atoms with Crippen LogP contribution < -0.4 is 4.72 Å². The van der Waals surface area contributed by atoms with Crippen LogP contribution in [0.1, 0.15) is 27.0 Å². The summed E-state index contributed by atoms with van der Waals surface area (Å²) in [5.74, 6) is 5.91. The lowest BCUT2D eigenvalue weighted by molar-refractivity contribution is 0.104. The number of carbonyl (C=O) groups is 1. The first-order chi connectivity index (χ1) is 14.1. The fourth-order valence-corrected chi connectivity index (χ4v) is 4.09. The van der Waals surface area contributed by atoms with Gasteiger partial charge in [0.15, 0.2) is 0 Å². The van der Waals surface area contributed by atoms with E-state index in [1.807, 2.05) is 18.2 Å². The summed E-state index contributed by atoms with van der Waals surface area (Å²) in [6.45, 7) is 0. The van der Waals surface area contributed by atoms with Crippen molar-refractivity contribution >= 4 is 40.5 Å². The first-order valence-corrected chi connectivity index (χ1v) is 10.4. The van der Waals surface area contributed by atoms with Crippen molar-refractivity contribution in [2.24, 2.45) is 0 Å². The van der Waals surface area contributed by atoms with E-state index >= 15 is 0 Å². The molecule has 2 heterocycles. The third kappa shape index (κ3) is 4.52. The van der Waals surface area contributed by atoms with Crippen molar-refractivity contribution < 1.29 is 9.35 Å². The van der Waals surface area contributed by atoms with Gasteiger partial charge in [0.25, 0.3) is 0 Å². The summed E-state index contributed by atoms with van der Waals surface area (Å²) in [6.07, 6.45) is 5.65. The molecule has 1 atom stereocenters. The Morgan fingerprint density at radius 3 is 2.76 bits per heavy atom. The predicted molar refractivity (Wildman–Crippen MR) is 117 cm³/mol. The number of allylic oxidation sites excluding steroid dienone is 1. The van der Waals surface area contributed by atoms with Gasteiger partial charge in [0.1, 0.15) is 11.4 Å². The maximum absolute atomic E-state index is 13.0. The number of fused-ring (bicyclic) bond motifs is 1. The minimum atomic E-state index is -1.64. The van der Waals surface area contributed by atoms with E-state index in [1.165, 1.54) is 0 Å². The van der Waals surface area contributed by atoms with Crippen molar-refractivity contribution in [1.82, 2.24) is 4.98 Å². The van der Waals surface area contributed by atoms with E-state index < -0.39 is 11.4 Å². The van der Waals surface area contributed by atoms with Crippen LogP contribution in [0.3, 0.4) is 0 Å². The highest BCUT2D eigenvalue weighted by atomic mass is 35.5. The molecule has 1 unspecified atom stereocenters. The molecule has 0 bridgehead atoms. The fraction of sp³-hybridized carbons (Fsp3) is 0.0435. The van der Waals surface area contributed by atoms with Gasteiger partial charge in [-0.05, 0) is 53.6 Å². The predicted octanol–water partition coefficient (Wildman–Crippen LogP) is 4.64. The average Bonchev–Trinajstić information content (AvgIpc) is 2.72. The fourth-order valence-electron chi connectivity index (χ4n) is 2.89. The van der Waals surface area contributed by atoms with E-state index in [9.17, 15) is 9.35 Å². The normalized spacial score (nSPS) is 16.6. The van der Waals surface area contributed by atoms with Gasteiger partial charge in [-0.15, -0.1) is 0 Å². The van der Waals surface area contributed by atoms with Crippen LogP contribution in [0, 0.1) is 11.8 Å². The highest BCUT2D eigenvalue weighted by molar-refractivity contribution is 7.97. The zero-order valence-corrected chi connectivity index (χ0v) is 16.8. The summed E-state index contributed by atoms with van der Waals surface area (Å²) in [5, 5.41) is 0.550. The van der Waals surface area contributed by atoms with Gasteiger partial charge in [-0.25, -0.2) is 4.72 Å². The zero-order valence-electron chi connectivity index (χ0n) is 15.2. The SMILES string of the molecule is O=C1/C(=C\c2cccc(Cl)c2)[S+]([O-])Nc2ccc(C#CCc3ccncc3)cc21. The third-order valence-corrected chi connectivity index (χ3v) is 5.65. The van der Waals surface area contributed by atoms with Crippen LogP contribution in [-0.2, 0) is 17.8 Å². The Balaban J connectivity index is 1.61. The maximum Gasteiger partial charge on any atom is 0.245 e. The van der Waals surface area contributed by atoms with Crippen LogP contribution in [0.4, 0.5) is 5.69 Å². The topological polar surface area (TPSA) is 65.0 Å². The maximum atomic E-state index is 13.0. The van der Waals surface area contributed by atoms with Crippen molar-refractivity contribution in [3.8, 4) is 11.8 Å². The number of nitrogens with zero attached hydrogens (tertiary/aromatic N) is 1. The van der Waals surface area contributed by atoms with Crippen molar-refractivity contribution in [1.29, 1.82) is 0 Å². The van der Waals surface area contributed by atoms with Gasteiger partial charge in [-0.3, -0.25) is 9.78 Å².